The van der Waals surface area contributed by atoms with Crippen molar-refractivity contribution in [2.24, 2.45) is 0 Å². The summed E-state index contributed by atoms with van der Waals surface area (Å²) in [5.74, 6) is -0.470. The molecule has 1 saturated heterocycles. The molecule has 0 N–H and O–H groups in total. The molecule has 3 aromatic carbocycles. The molecule has 10 heteroatoms. The van der Waals surface area contributed by atoms with E-state index in [1.165, 1.54) is 12.1 Å². The van der Waals surface area contributed by atoms with Crippen molar-refractivity contribution in [3.63, 3.8) is 0 Å². The Bertz CT molecular complexity index is 1560. The van der Waals surface area contributed by atoms with Crippen molar-refractivity contribution < 1.29 is 18.0 Å². The Morgan fingerprint density at radius 3 is 2.53 bits per heavy atom. The Morgan fingerprint density at radius 2 is 1.78 bits per heavy atom. The van der Waals surface area contributed by atoms with Gasteiger partial charge in [0.25, 0.3) is 5.91 Å². The van der Waals surface area contributed by atoms with Crippen LogP contribution in [0.5, 0.6) is 0 Å². The third-order valence-corrected chi connectivity index (χ3v) is 7.58. The summed E-state index contributed by atoms with van der Waals surface area (Å²) < 4.78 is 41.8. The predicted octanol–water partition coefficient (Wildman–Crippen LogP) is 8.42. The topological polar surface area (TPSA) is 25.2 Å². The van der Waals surface area contributed by atoms with Gasteiger partial charge < -0.3 is 4.57 Å². The van der Waals surface area contributed by atoms with Crippen molar-refractivity contribution in [1.29, 1.82) is 0 Å². The number of carbonyl (C=O) groups is 1. The van der Waals surface area contributed by atoms with Crippen molar-refractivity contribution in [3.8, 4) is 0 Å². The highest BCUT2D eigenvalue weighted by molar-refractivity contribution is 8.27. The minimum Gasteiger partial charge on any atom is -0.342 e. The maximum atomic E-state index is 13.2. The van der Waals surface area contributed by atoms with Crippen LogP contribution in [0.15, 0.2) is 77.8 Å². The average molecular weight is 563 g/mol. The summed E-state index contributed by atoms with van der Waals surface area (Å²) in [5, 5.41) is 2.00. The maximum Gasteiger partial charge on any atom is 0.416 e. The molecule has 1 fully saturated rings. The number of carbonyl (C=O) groups excluding carboxylic acids is 1. The average Bonchev–Trinajstić information content (AvgIpc) is 3.31. The quantitative estimate of drug-likeness (QED) is 0.184. The largest absolute Gasteiger partial charge is 0.416 e. The molecule has 4 aromatic rings. The first-order valence-corrected chi connectivity index (χ1v) is 12.6. The summed E-state index contributed by atoms with van der Waals surface area (Å²) in [6.07, 6.45) is -0.900. The first-order chi connectivity index (χ1) is 17.1. The fourth-order valence-electron chi connectivity index (χ4n) is 4.01. The van der Waals surface area contributed by atoms with Crippen LogP contribution in [0.3, 0.4) is 0 Å². The number of benzene rings is 3. The highest BCUT2D eigenvalue weighted by Crippen LogP contribution is 2.39. The fourth-order valence-corrected chi connectivity index (χ4v) is 5.77. The number of halogens is 5. The van der Waals surface area contributed by atoms with Crippen molar-refractivity contribution in [1.82, 2.24) is 4.57 Å². The van der Waals surface area contributed by atoms with E-state index in [0.717, 1.165) is 50.8 Å². The molecule has 182 valence electrons. The lowest BCUT2D eigenvalue weighted by molar-refractivity contribution is -0.137. The molecule has 5 rings (SSSR count). The van der Waals surface area contributed by atoms with Gasteiger partial charge in [0, 0.05) is 39.3 Å². The number of aromatic nitrogens is 1. The van der Waals surface area contributed by atoms with Gasteiger partial charge >= 0.3 is 6.18 Å². The molecule has 0 radical (unpaired) electrons. The molecule has 0 unspecified atom stereocenters. The molecule has 1 aliphatic rings. The van der Waals surface area contributed by atoms with Gasteiger partial charge in [-0.05, 0) is 48.0 Å². The number of anilines is 1. The Labute approximate surface area is 224 Å². The highest BCUT2D eigenvalue weighted by atomic mass is 35.5. The third-order valence-electron chi connectivity index (χ3n) is 5.69. The molecule has 2 heterocycles. The molecule has 36 heavy (non-hydrogen) atoms. The second-order valence-corrected chi connectivity index (χ2v) is 10.5. The molecule has 1 aromatic heterocycles. The Hall–Kier alpha value is -2.78. The zero-order chi connectivity index (χ0) is 25.6. The minimum atomic E-state index is -4.53. The zero-order valence-corrected chi connectivity index (χ0v) is 21.4. The van der Waals surface area contributed by atoms with E-state index in [1.807, 2.05) is 41.1 Å². The Morgan fingerprint density at radius 1 is 1.00 bits per heavy atom. The standard InChI is InChI=1S/C26H15Cl2F3N2OS2/c27-18-9-8-15(21(28)12-18)13-32-14-16(20-6-1-2-7-22(20)32)10-23-24(34)33(25(35)36-23)19-5-3-4-17(11-19)26(29,30)31/h1-12,14H,13H2. The van der Waals surface area contributed by atoms with E-state index >= 15 is 0 Å². The maximum absolute atomic E-state index is 13.2. The van der Waals surface area contributed by atoms with Gasteiger partial charge in [-0.3, -0.25) is 9.69 Å². The van der Waals surface area contributed by atoms with Crippen molar-refractivity contribution in [3.05, 3.63) is 105 Å². The number of thioether (sulfide) groups is 1. The van der Waals surface area contributed by atoms with Crippen molar-refractivity contribution in [2.45, 2.75) is 12.7 Å². The van der Waals surface area contributed by atoms with Crippen LogP contribution in [-0.4, -0.2) is 14.8 Å². The Balaban J connectivity index is 1.51. The van der Waals surface area contributed by atoms with Gasteiger partial charge in [0.2, 0.25) is 0 Å². The summed E-state index contributed by atoms with van der Waals surface area (Å²) >= 11 is 18.8. The lowest BCUT2D eigenvalue weighted by Crippen LogP contribution is -2.27. The summed E-state index contributed by atoms with van der Waals surface area (Å²) in [7, 11) is 0. The van der Waals surface area contributed by atoms with E-state index in [-0.39, 0.29) is 10.0 Å². The molecular weight excluding hydrogens is 548 g/mol. The van der Waals surface area contributed by atoms with Crippen LogP contribution < -0.4 is 4.90 Å². The van der Waals surface area contributed by atoms with E-state index in [0.29, 0.717) is 21.5 Å². The molecule has 3 nitrogen and oxygen atoms in total. The predicted molar refractivity (Wildman–Crippen MR) is 145 cm³/mol. The Kier molecular flexibility index (Phi) is 6.63. The minimum absolute atomic E-state index is 0.0792. The third kappa shape index (κ3) is 4.78. The van der Waals surface area contributed by atoms with Gasteiger partial charge in [-0.2, -0.15) is 13.2 Å². The normalized spacial score (nSPS) is 15.5. The van der Waals surface area contributed by atoms with Gasteiger partial charge in [0.05, 0.1) is 16.2 Å². The van der Waals surface area contributed by atoms with E-state index in [9.17, 15) is 18.0 Å². The van der Waals surface area contributed by atoms with Gasteiger partial charge in [-0.1, -0.05) is 77.5 Å². The molecular formula is C26H15Cl2F3N2OS2. The summed E-state index contributed by atoms with van der Waals surface area (Å²) in [6, 6.07) is 17.6. The fraction of sp³-hybridized carbons (Fsp3) is 0.0769. The van der Waals surface area contributed by atoms with E-state index in [2.05, 4.69) is 0 Å². The number of rotatable bonds is 4. The number of amides is 1. The van der Waals surface area contributed by atoms with Crippen LogP contribution in [0.25, 0.3) is 17.0 Å². The second kappa shape index (κ2) is 9.59. The zero-order valence-electron chi connectivity index (χ0n) is 18.2. The number of hydrogen-bond donors (Lipinski definition) is 0. The first-order valence-electron chi connectivity index (χ1n) is 10.6. The number of thiocarbonyl (C=S) groups is 1. The monoisotopic (exact) mass is 562 g/mol. The van der Waals surface area contributed by atoms with Gasteiger partial charge in [-0.15, -0.1) is 0 Å². The molecule has 0 bridgehead atoms. The van der Waals surface area contributed by atoms with E-state index < -0.39 is 17.6 Å². The number of alkyl halides is 3. The summed E-state index contributed by atoms with van der Waals surface area (Å²) in [4.78, 5) is 14.7. The van der Waals surface area contributed by atoms with Gasteiger partial charge in [0.15, 0.2) is 4.32 Å². The number of hydrogen-bond acceptors (Lipinski definition) is 3. The summed E-state index contributed by atoms with van der Waals surface area (Å²) in [5.41, 5.74) is 1.82. The van der Waals surface area contributed by atoms with Crippen LogP contribution in [0, 0.1) is 0 Å². The number of para-hydroxylation sites is 1. The number of fused-ring (bicyclic) bond motifs is 1. The van der Waals surface area contributed by atoms with E-state index in [1.54, 1.807) is 18.2 Å². The smallest absolute Gasteiger partial charge is 0.342 e. The number of nitrogens with zero attached hydrogens (tertiary/aromatic N) is 2. The first kappa shape index (κ1) is 24.9. The van der Waals surface area contributed by atoms with Crippen LogP contribution in [0.1, 0.15) is 16.7 Å². The van der Waals surface area contributed by atoms with Crippen LogP contribution >= 0.6 is 47.2 Å². The van der Waals surface area contributed by atoms with Crippen molar-refractivity contribution >= 4 is 80.1 Å². The lowest BCUT2D eigenvalue weighted by Gasteiger charge is -2.16. The van der Waals surface area contributed by atoms with Crippen molar-refractivity contribution in [2.75, 3.05) is 4.90 Å². The summed E-state index contributed by atoms with van der Waals surface area (Å²) in [6.45, 7) is 0.482. The van der Waals surface area contributed by atoms with E-state index in [4.69, 9.17) is 35.4 Å². The van der Waals surface area contributed by atoms with Crippen LogP contribution in [0.4, 0.5) is 18.9 Å². The molecule has 1 aliphatic heterocycles. The van der Waals surface area contributed by atoms with Crippen LogP contribution in [-0.2, 0) is 17.5 Å². The highest BCUT2D eigenvalue weighted by Gasteiger charge is 2.36. The molecule has 1 amide bonds. The molecule has 0 saturated carbocycles. The SMILES string of the molecule is O=C1C(=Cc2cn(Cc3ccc(Cl)cc3Cl)c3ccccc23)SC(=S)N1c1cccc(C(F)(F)F)c1. The van der Waals surface area contributed by atoms with Gasteiger partial charge in [0.1, 0.15) is 0 Å². The second-order valence-electron chi connectivity index (χ2n) is 8.03. The van der Waals surface area contributed by atoms with Crippen LogP contribution in [0.2, 0.25) is 10.0 Å². The van der Waals surface area contributed by atoms with Gasteiger partial charge in [-0.25, -0.2) is 0 Å². The molecule has 0 atom stereocenters. The lowest BCUT2D eigenvalue weighted by atomic mass is 10.1. The molecule has 0 spiro atoms. The molecule has 0 aliphatic carbocycles.